The molecule has 0 amide bonds. The summed E-state index contributed by atoms with van der Waals surface area (Å²) >= 11 is 1.42. The largest absolute Gasteiger partial charge is 0.504 e. The van der Waals surface area contributed by atoms with Crippen molar-refractivity contribution in [3.63, 3.8) is 0 Å². The number of hydrogen-bond donors (Lipinski definition) is 2. The molecule has 0 atom stereocenters. The molecule has 2 N–H and O–H groups in total. The molecule has 0 spiro atoms. The minimum atomic E-state index is -0.257. The zero-order valence-corrected chi connectivity index (χ0v) is 7.97. The molecule has 1 rings (SSSR count). The van der Waals surface area contributed by atoms with Gasteiger partial charge in [-0.25, -0.2) is 0 Å². The van der Waals surface area contributed by atoms with Gasteiger partial charge in [0.15, 0.2) is 17.3 Å². The van der Waals surface area contributed by atoms with Crippen molar-refractivity contribution in [2.45, 2.75) is 0 Å². The molecule has 13 heavy (non-hydrogen) atoms. The summed E-state index contributed by atoms with van der Waals surface area (Å²) in [4.78, 5) is 11.3. The lowest BCUT2D eigenvalue weighted by Crippen LogP contribution is -2.01. The van der Waals surface area contributed by atoms with Gasteiger partial charge < -0.3 is 10.2 Å². The van der Waals surface area contributed by atoms with Crippen molar-refractivity contribution in [3.8, 4) is 11.5 Å². The van der Waals surface area contributed by atoms with E-state index in [1.165, 1.54) is 30.0 Å². The molecule has 0 aliphatic rings. The Hall–Kier alpha value is -1.16. The maximum atomic E-state index is 11.3. The standard InChI is InChI=1S/C9H10O3S/c1-13-5-9(12)6-2-3-7(10)8(11)4-6/h2-4,10-11H,5H2,1H3. The van der Waals surface area contributed by atoms with Gasteiger partial charge in [-0.3, -0.25) is 4.79 Å². The van der Waals surface area contributed by atoms with Crippen molar-refractivity contribution in [1.82, 2.24) is 0 Å². The van der Waals surface area contributed by atoms with E-state index in [-0.39, 0.29) is 17.3 Å². The normalized spacial score (nSPS) is 9.92. The summed E-state index contributed by atoms with van der Waals surface area (Å²) < 4.78 is 0. The molecule has 0 fully saturated rings. The van der Waals surface area contributed by atoms with E-state index in [1.54, 1.807) is 0 Å². The number of carbonyl (C=O) groups excluding carboxylic acids is 1. The first-order valence-electron chi connectivity index (χ1n) is 3.69. The fraction of sp³-hybridized carbons (Fsp3) is 0.222. The number of Topliss-reactive ketones (excluding diaryl/α,β-unsaturated/α-hetero) is 1. The Labute approximate surface area is 80.4 Å². The molecule has 0 saturated heterocycles. The van der Waals surface area contributed by atoms with Crippen LogP contribution in [0, 0.1) is 0 Å². The van der Waals surface area contributed by atoms with E-state index in [9.17, 15) is 4.79 Å². The average molecular weight is 198 g/mol. The van der Waals surface area contributed by atoms with Crippen LogP contribution >= 0.6 is 11.8 Å². The lowest BCUT2D eigenvalue weighted by molar-refractivity contribution is 0.102. The Morgan fingerprint density at radius 2 is 2.08 bits per heavy atom. The second-order valence-electron chi connectivity index (χ2n) is 2.56. The Morgan fingerprint density at radius 1 is 1.38 bits per heavy atom. The molecule has 0 heterocycles. The third kappa shape index (κ3) is 2.39. The minimum absolute atomic E-state index is 0.0530. The Kier molecular flexibility index (Phi) is 3.19. The molecule has 0 aromatic heterocycles. The topological polar surface area (TPSA) is 57.5 Å². The summed E-state index contributed by atoms with van der Waals surface area (Å²) in [6.45, 7) is 0. The van der Waals surface area contributed by atoms with Crippen LogP contribution in [0.25, 0.3) is 0 Å². The molecule has 4 heteroatoms. The van der Waals surface area contributed by atoms with Gasteiger partial charge in [-0.1, -0.05) is 0 Å². The summed E-state index contributed by atoms with van der Waals surface area (Å²) in [6.07, 6.45) is 1.83. The first kappa shape index (κ1) is 9.92. The smallest absolute Gasteiger partial charge is 0.172 e. The zero-order valence-electron chi connectivity index (χ0n) is 7.15. The summed E-state index contributed by atoms with van der Waals surface area (Å²) in [7, 11) is 0. The van der Waals surface area contributed by atoms with Crippen LogP contribution in [-0.2, 0) is 0 Å². The highest BCUT2D eigenvalue weighted by Crippen LogP contribution is 2.25. The van der Waals surface area contributed by atoms with Gasteiger partial charge in [0.2, 0.25) is 0 Å². The van der Waals surface area contributed by atoms with Crippen molar-refractivity contribution in [2.24, 2.45) is 0 Å². The molecule has 1 aromatic rings. The minimum Gasteiger partial charge on any atom is -0.504 e. The summed E-state index contributed by atoms with van der Waals surface area (Å²) in [5.74, 6) is -0.139. The van der Waals surface area contributed by atoms with Crippen LogP contribution in [0.2, 0.25) is 0 Å². The molecule has 0 aliphatic carbocycles. The first-order valence-corrected chi connectivity index (χ1v) is 5.08. The fourth-order valence-corrected chi connectivity index (χ4v) is 1.34. The highest BCUT2D eigenvalue weighted by molar-refractivity contribution is 7.99. The van der Waals surface area contributed by atoms with Gasteiger partial charge in [0.1, 0.15) is 0 Å². The van der Waals surface area contributed by atoms with E-state index in [2.05, 4.69) is 0 Å². The van der Waals surface area contributed by atoms with Gasteiger partial charge in [-0.15, -0.1) is 0 Å². The molecule has 1 aromatic carbocycles. The monoisotopic (exact) mass is 198 g/mol. The molecule has 70 valence electrons. The zero-order chi connectivity index (χ0) is 9.84. The lowest BCUT2D eigenvalue weighted by Gasteiger charge is -2.01. The van der Waals surface area contributed by atoms with E-state index < -0.39 is 0 Å². The van der Waals surface area contributed by atoms with Gasteiger partial charge in [-0.2, -0.15) is 11.8 Å². The van der Waals surface area contributed by atoms with Crippen molar-refractivity contribution < 1.29 is 15.0 Å². The van der Waals surface area contributed by atoms with Crippen LogP contribution < -0.4 is 0 Å². The van der Waals surface area contributed by atoms with Crippen molar-refractivity contribution in [3.05, 3.63) is 23.8 Å². The molecule has 0 saturated carbocycles. The average Bonchev–Trinajstić information content (AvgIpc) is 2.10. The SMILES string of the molecule is CSCC(=O)c1ccc(O)c(O)c1. The number of benzene rings is 1. The number of phenolic OH excluding ortho intramolecular Hbond substituents is 2. The highest BCUT2D eigenvalue weighted by atomic mass is 32.2. The van der Waals surface area contributed by atoms with E-state index >= 15 is 0 Å². The number of aromatic hydroxyl groups is 2. The Balaban J connectivity index is 2.90. The van der Waals surface area contributed by atoms with Crippen LogP contribution in [0.5, 0.6) is 11.5 Å². The molecule has 0 unspecified atom stereocenters. The highest BCUT2D eigenvalue weighted by Gasteiger charge is 2.07. The number of carbonyl (C=O) groups is 1. The van der Waals surface area contributed by atoms with Crippen molar-refractivity contribution in [2.75, 3.05) is 12.0 Å². The maximum absolute atomic E-state index is 11.3. The van der Waals surface area contributed by atoms with Crippen molar-refractivity contribution in [1.29, 1.82) is 0 Å². The number of hydrogen-bond acceptors (Lipinski definition) is 4. The Bertz CT molecular complexity index is 323. The molecular formula is C9H10O3S. The number of phenols is 2. The van der Waals surface area contributed by atoms with Gasteiger partial charge in [-0.05, 0) is 24.5 Å². The van der Waals surface area contributed by atoms with Gasteiger partial charge in [0.25, 0.3) is 0 Å². The molecule has 0 aliphatic heterocycles. The van der Waals surface area contributed by atoms with E-state index in [0.29, 0.717) is 11.3 Å². The van der Waals surface area contributed by atoms with Crippen LogP contribution in [0.4, 0.5) is 0 Å². The number of rotatable bonds is 3. The number of thioether (sulfide) groups is 1. The lowest BCUT2D eigenvalue weighted by atomic mass is 10.1. The van der Waals surface area contributed by atoms with Crippen LogP contribution in [-0.4, -0.2) is 28.0 Å². The van der Waals surface area contributed by atoms with Crippen LogP contribution in [0.3, 0.4) is 0 Å². The summed E-state index contributed by atoms with van der Waals surface area (Å²) in [5, 5.41) is 18.1. The van der Waals surface area contributed by atoms with Crippen molar-refractivity contribution >= 4 is 17.5 Å². The van der Waals surface area contributed by atoms with Crippen LogP contribution in [0.1, 0.15) is 10.4 Å². The van der Waals surface area contributed by atoms with Crippen LogP contribution in [0.15, 0.2) is 18.2 Å². The second kappa shape index (κ2) is 4.18. The third-order valence-electron chi connectivity index (χ3n) is 1.57. The molecule has 0 radical (unpaired) electrons. The first-order chi connectivity index (χ1) is 6.15. The van der Waals surface area contributed by atoms with Gasteiger partial charge in [0.05, 0.1) is 5.75 Å². The van der Waals surface area contributed by atoms with E-state index in [4.69, 9.17) is 10.2 Å². The third-order valence-corrected chi connectivity index (χ3v) is 2.12. The second-order valence-corrected chi connectivity index (χ2v) is 3.43. The molecule has 0 bridgehead atoms. The summed E-state index contributed by atoms with van der Waals surface area (Å²) in [6, 6.07) is 4.07. The number of ketones is 1. The van der Waals surface area contributed by atoms with Gasteiger partial charge in [0, 0.05) is 5.56 Å². The van der Waals surface area contributed by atoms with Gasteiger partial charge >= 0.3 is 0 Å². The quantitative estimate of drug-likeness (QED) is 0.572. The summed E-state index contributed by atoms with van der Waals surface area (Å²) in [5.41, 5.74) is 0.421. The van der Waals surface area contributed by atoms with E-state index in [0.717, 1.165) is 0 Å². The molecule has 3 nitrogen and oxygen atoms in total. The Morgan fingerprint density at radius 3 is 2.62 bits per heavy atom. The molecular weight excluding hydrogens is 188 g/mol. The predicted molar refractivity (Wildman–Crippen MR) is 52.5 cm³/mol. The fourth-order valence-electron chi connectivity index (χ4n) is 0.911. The maximum Gasteiger partial charge on any atom is 0.172 e. The predicted octanol–water partition coefficient (Wildman–Crippen LogP) is 1.64. The van der Waals surface area contributed by atoms with E-state index in [1.807, 2.05) is 6.26 Å².